The van der Waals surface area contributed by atoms with Gasteiger partial charge >= 0.3 is 0 Å². The van der Waals surface area contributed by atoms with Gasteiger partial charge in [0.15, 0.2) is 0 Å². The Morgan fingerprint density at radius 2 is 1.91 bits per heavy atom. The van der Waals surface area contributed by atoms with Crippen LogP contribution in [0.15, 0.2) is 47.1 Å². The zero-order valence-electron chi connectivity index (χ0n) is 19.5. The first-order valence-electron chi connectivity index (χ1n) is 11.4. The van der Waals surface area contributed by atoms with Gasteiger partial charge in [0, 0.05) is 25.1 Å². The summed E-state index contributed by atoms with van der Waals surface area (Å²) in [4.78, 5) is 40.4. The lowest BCUT2D eigenvalue weighted by Crippen LogP contribution is -2.53. The second-order valence-corrected chi connectivity index (χ2v) is 8.80. The number of furan rings is 1. The fourth-order valence-electron chi connectivity index (χ4n) is 4.04. The number of benzene rings is 1. The Morgan fingerprint density at radius 1 is 1.15 bits per heavy atom. The molecule has 0 spiro atoms. The molecular weight excluding hydrogens is 422 g/mol. The fourth-order valence-corrected chi connectivity index (χ4v) is 4.04. The molecule has 8 heteroatoms. The third-order valence-corrected chi connectivity index (χ3v) is 5.86. The number of amides is 3. The van der Waals surface area contributed by atoms with Gasteiger partial charge in [-0.1, -0.05) is 19.9 Å². The van der Waals surface area contributed by atoms with Crippen LogP contribution in [0.3, 0.4) is 0 Å². The summed E-state index contributed by atoms with van der Waals surface area (Å²) in [5.74, 6) is 0.952. The van der Waals surface area contributed by atoms with Crippen LogP contribution in [0.2, 0.25) is 0 Å². The van der Waals surface area contributed by atoms with E-state index in [9.17, 15) is 14.4 Å². The molecule has 2 aromatic rings. The van der Waals surface area contributed by atoms with Crippen molar-refractivity contribution in [3.05, 3.63) is 54.0 Å². The molecule has 178 valence electrons. The van der Waals surface area contributed by atoms with Crippen molar-refractivity contribution in [2.45, 2.75) is 45.7 Å². The van der Waals surface area contributed by atoms with E-state index in [1.54, 1.807) is 42.7 Å². The lowest BCUT2D eigenvalue weighted by atomic mass is 9.88. The van der Waals surface area contributed by atoms with Gasteiger partial charge in [0.1, 0.15) is 17.6 Å². The highest BCUT2D eigenvalue weighted by atomic mass is 16.5. The molecule has 0 bridgehead atoms. The van der Waals surface area contributed by atoms with E-state index in [2.05, 4.69) is 10.6 Å². The van der Waals surface area contributed by atoms with Gasteiger partial charge in [0.05, 0.1) is 19.9 Å². The van der Waals surface area contributed by atoms with Crippen LogP contribution in [0, 0.1) is 11.8 Å². The maximum absolute atomic E-state index is 13.1. The van der Waals surface area contributed by atoms with Crippen LogP contribution in [-0.4, -0.2) is 48.9 Å². The highest BCUT2D eigenvalue weighted by Crippen LogP contribution is 2.23. The molecule has 1 aromatic carbocycles. The smallest absolute Gasteiger partial charge is 0.252 e. The molecule has 2 heterocycles. The van der Waals surface area contributed by atoms with Crippen LogP contribution in [0.25, 0.3) is 0 Å². The molecule has 0 saturated carbocycles. The van der Waals surface area contributed by atoms with E-state index >= 15 is 0 Å². The van der Waals surface area contributed by atoms with E-state index in [-0.39, 0.29) is 30.2 Å². The lowest BCUT2D eigenvalue weighted by molar-refractivity contribution is -0.133. The summed E-state index contributed by atoms with van der Waals surface area (Å²) in [7, 11) is 1.54. The largest absolute Gasteiger partial charge is 0.497 e. The third-order valence-electron chi connectivity index (χ3n) is 5.86. The standard InChI is InChI=1S/C25H33N3O5/c1-17(2)14-22(29)28-11-9-18(10-12-28)23(25(31)26-16-21-8-5-13-33-21)27-24(30)19-6-4-7-20(15-19)32-3/h4-8,13,15,17-18,23H,9-12,14,16H2,1-3H3,(H,26,31)(H,27,30). The number of carbonyl (C=O) groups is 3. The first-order chi connectivity index (χ1) is 15.9. The SMILES string of the molecule is COc1cccc(C(=O)NC(C(=O)NCc2ccco2)C2CCN(C(=O)CC(C)C)CC2)c1. The van der Waals surface area contributed by atoms with Gasteiger partial charge in [-0.15, -0.1) is 0 Å². The molecule has 1 saturated heterocycles. The number of piperidine rings is 1. The van der Waals surface area contributed by atoms with Crippen LogP contribution in [0.5, 0.6) is 5.75 Å². The number of ether oxygens (including phenoxy) is 1. The van der Waals surface area contributed by atoms with Crippen LogP contribution in [-0.2, 0) is 16.1 Å². The summed E-state index contributed by atoms with van der Waals surface area (Å²) in [5.41, 5.74) is 0.419. The van der Waals surface area contributed by atoms with Gasteiger partial charge < -0.3 is 24.7 Å². The van der Waals surface area contributed by atoms with Gasteiger partial charge in [-0.05, 0) is 55.0 Å². The monoisotopic (exact) mass is 455 g/mol. The molecule has 1 aliphatic heterocycles. The van der Waals surface area contributed by atoms with Crippen LogP contribution in [0.4, 0.5) is 0 Å². The van der Waals surface area contributed by atoms with E-state index in [0.717, 1.165) is 0 Å². The summed E-state index contributed by atoms with van der Waals surface area (Å²) < 4.78 is 10.5. The number of nitrogens with zero attached hydrogens (tertiary/aromatic N) is 1. The van der Waals surface area contributed by atoms with E-state index < -0.39 is 6.04 Å². The van der Waals surface area contributed by atoms with Gasteiger partial charge in [-0.25, -0.2) is 0 Å². The Labute approximate surface area is 194 Å². The molecule has 0 radical (unpaired) electrons. The second-order valence-electron chi connectivity index (χ2n) is 8.80. The quantitative estimate of drug-likeness (QED) is 0.605. The highest BCUT2D eigenvalue weighted by molar-refractivity contribution is 5.98. The minimum Gasteiger partial charge on any atom is -0.497 e. The number of rotatable bonds is 9. The molecule has 8 nitrogen and oxygen atoms in total. The molecule has 1 aliphatic rings. The number of hydrogen-bond acceptors (Lipinski definition) is 5. The fraction of sp³-hybridized carbons (Fsp3) is 0.480. The van der Waals surface area contributed by atoms with Gasteiger partial charge in [-0.2, -0.15) is 0 Å². The van der Waals surface area contributed by atoms with Crippen molar-refractivity contribution in [3.8, 4) is 5.75 Å². The highest BCUT2D eigenvalue weighted by Gasteiger charge is 2.34. The maximum atomic E-state index is 13.1. The summed E-state index contributed by atoms with van der Waals surface area (Å²) in [6.07, 6.45) is 3.35. The first kappa shape index (κ1) is 24.4. The zero-order chi connectivity index (χ0) is 23.8. The molecular formula is C25H33N3O5. The number of likely N-dealkylation sites (tertiary alicyclic amines) is 1. The first-order valence-corrected chi connectivity index (χ1v) is 11.4. The number of nitrogens with one attached hydrogen (secondary N) is 2. The minimum atomic E-state index is -0.721. The molecule has 1 aromatic heterocycles. The zero-order valence-corrected chi connectivity index (χ0v) is 19.5. The summed E-state index contributed by atoms with van der Waals surface area (Å²) in [6.45, 7) is 5.44. The Hall–Kier alpha value is -3.29. The average molecular weight is 456 g/mol. The maximum Gasteiger partial charge on any atom is 0.252 e. The van der Waals surface area contributed by atoms with Crippen molar-refractivity contribution in [3.63, 3.8) is 0 Å². The number of carbonyl (C=O) groups excluding carboxylic acids is 3. The normalized spacial score (nSPS) is 15.2. The van der Waals surface area contributed by atoms with E-state index in [1.165, 1.54) is 7.11 Å². The molecule has 3 amide bonds. The second kappa shape index (κ2) is 11.5. The Bertz CT molecular complexity index is 933. The van der Waals surface area contributed by atoms with Crippen LogP contribution in [0.1, 0.15) is 49.2 Å². The summed E-state index contributed by atoms with van der Waals surface area (Å²) in [5, 5.41) is 5.79. The van der Waals surface area contributed by atoms with Gasteiger partial charge in [0.2, 0.25) is 11.8 Å². The Morgan fingerprint density at radius 3 is 2.55 bits per heavy atom. The lowest BCUT2D eigenvalue weighted by Gasteiger charge is -2.36. The molecule has 1 atom stereocenters. The number of methoxy groups -OCH3 is 1. The van der Waals surface area contributed by atoms with Crippen molar-refractivity contribution in [2.75, 3.05) is 20.2 Å². The molecule has 33 heavy (non-hydrogen) atoms. The minimum absolute atomic E-state index is 0.0840. The van der Waals surface area contributed by atoms with Crippen molar-refractivity contribution in [1.82, 2.24) is 15.5 Å². The van der Waals surface area contributed by atoms with Crippen molar-refractivity contribution >= 4 is 17.7 Å². The van der Waals surface area contributed by atoms with Crippen molar-refractivity contribution in [2.24, 2.45) is 11.8 Å². The summed E-state index contributed by atoms with van der Waals surface area (Å²) in [6, 6.07) is 9.63. The Kier molecular flexibility index (Phi) is 8.52. The van der Waals surface area contributed by atoms with Gasteiger partial charge in [-0.3, -0.25) is 14.4 Å². The molecule has 1 fully saturated rings. The third kappa shape index (κ3) is 6.84. The number of hydrogen-bond donors (Lipinski definition) is 2. The average Bonchev–Trinajstić information content (AvgIpc) is 3.34. The van der Waals surface area contributed by atoms with Crippen molar-refractivity contribution < 1.29 is 23.5 Å². The predicted octanol–water partition coefficient (Wildman–Crippen LogP) is 2.99. The predicted molar refractivity (Wildman–Crippen MR) is 124 cm³/mol. The van der Waals surface area contributed by atoms with E-state index in [4.69, 9.17) is 9.15 Å². The Balaban J connectivity index is 1.69. The van der Waals surface area contributed by atoms with Crippen LogP contribution < -0.4 is 15.4 Å². The van der Waals surface area contributed by atoms with E-state index in [0.29, 0.717) is 55.3 Å². The molecule has 2 N–H and O–H groups in total. The van der Waals surface area contributed by atoms with Gasteiger partial charge in [0.25, 0.3) is 5.91 Å². The summed E-state index contributed by atoms with van der Waals surface area (Å²) >= 11 is 0. The molecule has 3 rings (SSSR count). The van der Waals surface area contributed by atoms with Crippen molar-refractivity contribution in [1.29, 1.82) is 0 Å². The topological polar surface area (TPSA) is 101 Å². The van der Waals surface area contributed by atoms with Crippen LogP contribution >= 0.6 is 0 Å². The molecule has 1 unspecified atom stereocenters. The molecule has 0 aliphatic carbocycles. The van der Waals surface area contributed by atoms with E-state index in [1.807, 2.05) is 18.7 Å².